The fourth-order valence-electron chi connectivity index (χ4n) is 2.58. The highest BCUT2D eigenvalue weighted by Crippen LogP contribution is 2.31. The van der Waals surface area contributed by atoms with Gasteiger partial charge in [0.2, 0.25) is 0 Å². The number of thiophene rings is 2. The largest absolute Gasteiger partial charge is 0.352 e. The Balaban J connectivity index is 1.64. The average Bonchev–Trinajstić information content (AvgIpc) is 3.18. The number of hydrogen-bond acceptors (Lipinski definition) is 5. The summed E-state index contributed by atoms with van der Waals surface area (Å²) < 4.78 is 0. The molecule has 0 unspecified atom stereocenters. The zero-order valence-electron chi connectivity index (χ0n) is 10.8. The van der Waals surface area contributed by atoms with Crippen LogP contribution in [0.1, 0.15) is 11.3 Å². The van der Waals surface area contributed by atoms with Gasteiger partial charge in [0.25, 0.3) is 0 Å². The smallest absolute Gasteiger partial charge is 0.141 e. The first-order valence-corrected chi connectivity index (χ1v) is 8.34. The van der Waals surface area contributed by atoms with E-state index in [0.29, 0.717) is 0 Å². The third-order valence-electron chi connectivity index (χ3n) is 3.59. The van der Waals surface area contributed by atoms with Crippen molar-refractivity contribution in [1.29, 1.82) is 0 Å². The van der Waals surface area contributed by atoms with Gasteiger partial charge in [-0.2, -0.15) is 0 Å². The number of anilines is 1. The van der Waals surface area contributed by atoms with Crippen LogP contribution in [0, 0.1) is 0 Å². The second-order valence-electron chi connectivity index (χ2n) is 4.74. The Morgan fingerprint density at radius 2 is 2.10 bits per heavy atom. The van der Waals surface area contributed by atoms with Gasteiger partial charge in [0.05, 0.1) is 5.39 Å². The molecule has 0 saturated carbocycles. The van der Waals surface area contributed by atoms with Crippen LogP contribution < -0.4 is 4.90 Å². The molecule has 1 aliphatic heterocycles. The fourth-order valence-corrected chi connectivity index (χ4v) is 4.10. The molecule has 100 valence electrons. The van der Waals surface area contributed by atoms with E-state index < -0.39 is 0 Å². The topological polar surface area (TPSA) is 29.0 Å². The lowest BCUT2D eigenvalue weighted by molar-refractivity contribution is 0.820. The fraction of sp³-hybridized carbons (Fsp3) is 0.200. The van der Waals surface area contributed by atoms with Gasteiger partial charge in [-0.25, -0.2) is 9.97 Å². The molecule has 0 radical (unpaired) electrons. The van der Waals surface area contributed by atoms with Crippen LogP contribution in [0.5, 0.6) is 0 Å². The van der Waals surface area contributed by atoms with Gasteiger partial charge in [0, 0.05) is 18.0 Å². The maximum atomic E-state index is 4.49. The number of fused-ring (bicyclic) bond motifs is 1. The molecule has 0 aliphatic carbocycles. The van der Waals surface area contributed by atoms with Gasteiger partial charge in [0.1, 0.15) is 17.0 Å². The molecule has 0 atom stereocenters. The first-order chi connectivity index (χ1) is 9.92. The van der Waals surface area contributed by atoms with Gasteiger partial charge < -0.3 is 4.90 Å². The third-order valence-corrected chi connectivity index (χ3v) is 5.35. The Kier molecular flexibility index (Phi) is 3.01. The molecule has 0 amide bonds. The maximum absolute atomic E-state index is 4.49. The quantitative estimate of drug-likeness (QED) is 0.715. The van der Waals surface area contributed by atoms with Gasteiger partial charge in [-0.3, -0.25) is 0 Å². The lowest BCUT2D eigenvalue weighted by atomic mass is 10.1. The summed E-state index contributed by atoms with van der Waals surface area (Å²) in [5.41, 5.74) is 1.46. The summed E-state index contributed by atoms with van der Waals surface area (Å²) in [7, 11) is 0. The van der Waals surface area contributed by atoms with E-state index in [2.05, 4.69) is 49.9 Å². The molecule has 0 spiro atoms. The van der Waals surface area contributed by atoms with Crippen LogP contribution in [0.25, 0.3) is 15.8 Å². The lowest BCUT2D eigenvalue weighted by Crippen LogP contribution is -2.29. The van der Waals surface area contributed by atoms with Gasteiger partial charge in [-0.05, 0) is 34.9 Å². The number of aromatic nitrogens is 2. The lowest BCUT2D eigenvalue weighted by Gasteiger charge is -2.27. The molecule has 1 aliphatic rings. The van der Waals surface area contributed by atoms with Crippen molar-refractivity contribution < 1.29 is 0 Å². The monoisotopic (exact) mass is 299 g/mol. The van der Waals surface area contributed by atoms with E-state index in [0.717, 1.165) is 30.2 Å². The van der Waals surface area contributed by atoms with E-state index in [1.807, 2.05) is 11.3 Å². The van der Waals surface area contributed by atoms with E-state index in [-0.39, 0.29) is 0 Å². The van der Waals surface area contributed by atoms with Gasteiger partial charge in [-0.15, -0.1) is 22.7 Å². The molecule has 20 heavy (non-hydrogen) atoms. The highest BCUT2D eigenvalue weighted by atomic mass is 32.1. The predicted molar refractivity (Wildman–Crippen MR) is 86.5 cm³/mol. The zero-order valence-corrected chi connectivity index (χ0v) is 12.5. The van der Waals surface area contributed by atoms with E-state index >= 15 is 0 Å². The summed E-state index contributed by atoms with van der Waals surface area (Å²) in [4.78, 5) is 13.6. The SMILES string of the molecule is C1=C(c2cccs2)CCN(c2ncnc3sccc23)C1. The van der Waals surface area contributed by atoms with Crippen molar-refractivity contribution in [3.63, 3.8) is 0 Å². The molecule has 4 heterocycles. The summed E-state index contributed by atoms with van der Waals surface area (Å²) in [6, 6.07) is 6.44. The summed E-state index contributed by atoms with van der Waals surface area (Å²) in [6.07, 6.45) is 5.08. The Labute approximate surface area is 125 Å². The minimum absolute atomic E-state index is 0.926. The van der Waals surface area contributed by atoms with Crippen LogP contribution in [0.15, 0.2) is 41.4 Å². The summed E-state index contributed by atoms with van der Waals surface area (Å²) in [6.45, 7) is 1.95. The second kappa shape index (κ2) is 5.00. The first-order valence-electron chi connectivity index (χ1n) is 6.58. The molecule has 4 rings (SSSR count). The number of rotatable bonds is 2. The van der Waals surface area contributed by atoms with Gasteiger partial charge >= 0.3 is 0 Å². The highest BCUT2D eigenvalue weighted by Gasteiger charge is 2.17. The van der Waals surface area contributed by atoms with Crippen molar-refractivity contribution in [1.82, 2.24) is 9.97 Å². The molecular weight excluding hydrogens is 286 g/mol. The van der Waals surface area contributed by atoms with E-state index in [4.69, 9.17) is 0 Å². The molecule has 0 saturated heterocycles. The van der Waals surface area contributed by atoms with Crippen LogP contribution in [-0.4, -0.2) is 23.1 Å². The average molecular weight is 299 g/mol. The van der Waals surface area contributed by atoms with Crippen LogP contribution in [0.3, 0.4) is 0 Å². The van der Waals surface area contributed by atoms with Gasteiger partial charge in [0.15, 0.2) is 0 Å². The normalized spacial score (nSPS) is 15.6. The highest BCUT2D eigenvalue weighted by molar-refractivity contribution is 7.16. The standard InChI is InChI=1S/C15H13N3S2/c1-2-13(19-8-1)11-3-6-18(7-4-11)14-12-5-9-20-15(12)17-10-16-14/h1-3,5,8-10H,4,6-7H2. The Hall–Kier alpha value is -1.72. The van der Waals surface area contributed by atoms with Crippen molar-refractivity contribution in [2.45, 2.75) is 6.42 Å². The van der Waals surface area contributed by atoms with Crippen molar-refractivity contribution in [3.8, 4) is 0 Å². The van der Waals surface area contributed by atoms with Crippen molar-refractivity contribution in [3.05, 3.63) is 46.2 Å². The molecule has 0 aromatic carbocycles. The molecule has 0 N–H and O–H groups in total. The molecular formula is C15H13N3S2. The maximum Gasteiger partial charge on any atom is 0.141 e. The van der Waals surface area contributed by atoms with E-state index in [1.165, 1.54) is 15.8 Å². The number of hydrogen-bond donors (Lipinski definition) is 0. The summed E-state index contributed by atoms with van der Waals surface area (Å²) in [5, 5.41) is 5.40. The summed E-state index contributed by atoms with van der Waals surface area (Å²) in [5.74, 6) is 1.07. The van der Waals surface area contributed by atoms with Crippen LogP contribution in [0.2, 0.25) is 0 Å². The molecule has 0 bridgehead atoms. The molecule has 5 heteroatoms. The molecule has 0 fully saturated rings. The van der Waals surface area contributed by atoms with Gasteiger partial charge in [-0.1, -0.05) is 12.1 Å². The van der Waals surface area contributed by atoms with E-state index in [9.17, 15) is 0 Å². The van der Waals surface area contributed by atoms with Crippen LogP contribution in [-0.2, 0) is 0 Å². The minimum atomic E-state index is 0.926. The second-order valence-corrected chi connectivity index (χ2v) is 6.58. The number of nitrogens with zero attached hydrogens (tertiary/aromatic N) is 3. The molecule has 3 aromatic heterocycles. The Morgan fingerprint density at radius 3 is 2.90 bits per heavy atom. The van der Waals surface area contributed by atoms with Crippen molar-refractivity contribution in [2.75, 3.05) is 18.0 Å². The van der Waals surface area contributed by atoms with Crippen molar-refractivity contribution in [2.24, 2.45) is 0 Å². The first kappa shape index (κ1) is 12.1. The van der Waals surface area contributed by atoms with Crippen LogP contribution in [0.4, 0.5) is 5.82 Å². The zero-order chi connectivity index (χ0) is 13.4. The van der Waals surface area contributed by atoms with E-state index in [1.54, 1.807) is 17.7 Å². The van der Waals surface area contributed by atoms with Crippen molar-refractivity contribution >= 4 is 44.3 Å². The Morgan fingerprint density at radius 1 is 1.10 bits per heavy atom. The third kappa shape index (κ3) is 2.03. The summed E-state index contributed by atoms with van der Waals surface area (Å²) >= 11 is 3.49. The minimum Gasteiger partial charge on any atom is -0.352 e. The Bertz CT molecular complexity index is 758. The predicted octanol–water partition coefficient (Wildman–Crippen LogP) is 4.05. The molecule has 3 nitrogen and oxygen atoms in total. The van der Waals surface area contributed by atoms with Crippen LogP contribution >= 0.6 is 22.7 Å². The molecule has 3 aromatic rings.